The Balaban J connectivity index is 3.86. The maximum Gasteiger partial charge on any atom is 0.337 e. The molecule has 0 saturated carbocycles. The van der Waals surface area contributed by atoms with Crippen LogP contribution in [0.3, 0.4) is 0 Å². The summed E-state index contributed by atoms with van der Waals surface area (Å²) < 4.78 is 4.20. The molecule has 0 unspecified atom stereocenters. The maximum absolute atomic E-state index is 10.8. The van der Waals surface area contributed by atoms with Gasteiger partial charge in [-0.15, -0.1) is 0 Å². The quantitative estimate of drug-likeness (QED) is 0.398. The van der Waals surface area contributed by atoms with Gasteiger partial charge in [-0.05, 0) is 6.42 Å². The number of carbonyl (C=O) groups excluding carboxylic acids is 2. The second-order valence-corrected chi connectivity index (χ2v) is 2.41. The molecule has 0 amide bonds. The van der Waals surface area contributed by atoms with Crippen molar-refractivity contribution in [2.24, 2.45) is 0 Å². The van der Waals surface area contributed by atoms with Crippen LogP contribution in [-0.2, 0) is 19.1 Å². The first-order valence-electron chi connectivity index (χ1n) is 3.75. The monoisotopic (exact) mass is 198 g/mol. The van der Waals surface area contributed by atoms with Crippen LogP contribution in [0.15, 0.2) is 24.8 Å². The number of esters is 2. The van der Waals surface area contributed by atoms with Crippen molar-refractivity contribution < 1.29 is 24.2 Å². The highest BCUT2D eigenvalue weighted by Crippen LogP contribution is 2.03. The summed E-state index contributed by atoms with van der Waals surface area (Å²) in [5.41, 5.74) is -0.104. The lowest BCUT2D eigenvalue weighted by Crippen LogP contribution is -2.10. The number of ether oxygens (including phenoxy) is 1. The topological polar surface area (TPSA) is 80.7 Å². The van der Waals surface area contributed by atoms with E-state index in [1.165, 1.54) is 0 Å². The fourth-order valence-electron chi connectivity index (χ4n) is 0.565. The first kappa shape index (κ1) is 12.1. The number of aliphatic carboxylic acids is 1. The molecular weight excluding hydrogens is 188 g/mol. The minimum absolute atomic E-state index is 0.0431. The number of carboxylic acids is 1. The molecule has 0 aromatic carbocycles. The summed E-state index contributed by atoms with van der Waals surface area (Å²) in [6, 6.07) is 0. The average Bonchev–Trinajstić information content (AvgIpc) is 2.13. The average molecular weight is 198 g/mol. The van der Waals surface area contributed by atoms with Gasteiger partial charge in [0.1, 0.15) is 0 Å². The lowest BCUT2D eigenvalue weighted by molar-refractivity contribution is -0.156. The number of carboxylic acid groups (broad SMARTS) is 1. The van der Waals surface area contributed by atoms with Gasteiger partial charge in [-0.3, -0.25) is 4.79 Å². The molecule has 14 heavy (non-hydrogen) atoms. The SMILES string of the molecule is C=CC(=O)OC(=O)CCC(=C)C(=O)O. The van der Waals surface area contributed by atoms with E-state index in [2.05, 4.69) is 17.9 Å². The second-order valence-electron chi connectivity index (χ2n) is 2.41. The number of rotatable bonds is 5. The van der Waals surface area contributed by atoms with E-state index in [1.807, 2.05) is 0 Å². The lowest BCUT2D eigenvalue weighted by Gasteiger charge is -1.99. The highest BCUT2D eigenvalue weighted by Gasteiger charge is 2.10. The van der Waals surface area contributed by atoms with Crippen LogP contribution in [0.5, 0.6) is 0 Å². The normalized spacial score (nSPS) is 8.86. The molecule has 0 rings (SSSR count). The molecular formula is C9H10O5. The molecule has 0 radical (unpaired) electrons. The zero-order valence-corrected chi connectivity index (χ0v) is 7.49. The van der Waals surface area contributed by atoms with E-state index in [4.69, 9.17) is 5.11 Å². The Kier molecular flexibility index (Phi) is 4.91. The van der Waals surface area contributed by atoms with Crippen molar-refractivity contribution in [3.8, 4) is 0 Å². The van der Waals surface area contributed by atoms with Crippen molar-refractivity contribution in [3.05, 3.63) is 24.8 Å². The molecule has 0 aliphatic heterocycles. The molecule has 0 aromatic rings. The Morgan fingerprint density at radius 3 is 2.29 bits per heavy atom. The van der Waals surface area contributed by atoms with Crippen molar-refractivity contribution in [3.63, 3.8) is 0 Å². The molecule has 0 fully saturated rings. The smallest absolute Gasteiger partial charge is 0.337 e. The maximum atomic E-state index is 10.8. The van der Waals surface area contributed by atoms with E-state index < -0.39 is 17.9 Å². The van der Waals surface area contributed by atoms with Gasteiger partial charge in [-0.25, -0.2) is 9.59 Å². The number of hydrogen-bond acceptors (Lipinski definition) is 4. The first-order valence-corrected chi connectivity index (χ1v) is 3.75. The lowest BCUT2D eigenvalue weighted by atomic mass is 10.2. The summed E-state index contributed by atoms with van der Waals surface area (Å²) in [5, 5.41) is 8.39. The predicted octanol–water partition coefficient (Wildman–Crippen LogP) is 0.663. The summed E-state index contributed by atoms with van der Waals surface area (Å²) in [6.45, 7) is 6.31. The highest BCUT2D eigenvalue weighted by atomic mass is 16.6. The zero-order valence-electron chi connectivity index (χ0n) is 7.49. The number of carbonyl (C=O) groups is 3. The summed E-state index contributed by atoms with van der Waals surface area (Å²) in [4.78, 5) is 31.6. The molecule has 0 spiro atoms. The number of hydrogen-bond donors (Lipinski definition) is 1. The molecule has 5 heteroatoms. The Morgan fingerprint density at radius 2 is 1.86 bits per heavy atom. The third-order valence-corrected chi connectivity index (χ3v) is 1.31. The van der Waals surface area contributed by atoms with Gasteiger partial charge < -0.3 is 9.84 Å². The minimum atomic E-state index is -1.17. The second kappa shape index (κ2) is 5.69. The van der Waals surface area contributed by atoms with E-state index in [9.17, 15) is 14.4 Å². The van der Waals surface area contributed by atoms with Gasteiger partial charge in [0.25, 0.3) is 0 Å². The Labute approximate surface area is 80.7 Å². The van der Waals surface area contributed by atoms with Gasteiger partial charge in [0.15, 0.2) is 0 Å². The summed E-state index contributed by atoms with van der Waals surface area (Å²) in [6.07, 6.45) is 0.618. The van der Waals surface area contributed by atoms with Gasteiger partial charge in [0, 0.05) is 11.6 Å². The van der Waals surface area contributed by atoms with E-state index in [1.54, 1.807) is 0 Å². The molecule has 0 saturated heterocycles. The zero-order chi connectivity index (χ0) is 11.1. The van der Waals surface area contributed by atoms with Crippen LogP contribution in [-0.4, -0.2) is 23.0 Å². The van der Waals surface area contributed by atoms with E-state index in [-0.39, 0.29) is 18.4 Å². The van der Waals surface area contributed by atoms with Crippen molar-refractivity contribution in [2.45, 2.75) is 12.8 Å². The van der Waals surface area contributed by atoms with Gasteiger partial charge in [0.05, 0.1) is 6.42 Å². The van der Waals surface area contributed by atoms with Crippen LogP contribution >= 0.6 is 0 Å². The van der Waals surface area contributed by atoms with Crippen LogP contribution in [0.25, 0.3) is 0 Å². The van der Waals surface area contributed by atoms with Crippen molar-refractivity contribution >= 4 is 17.9 Å². The largest absolute Gasteiger partial charge is 0.478 e. The fraction of sp³-hybridized carbons (Fsp3) is 0.222. The fourth-order valence-corrected chi connectivity index (χ4v) is 0.565. The van der Waals surface area contributed by atoms with E-state index in [0.29, 0.717) is 0 Å². The molecule has 1 N–H and O–H groups in total. The highest BCUT2D eigenvalue weighted by molar-refractivity contribution is 5.92. The summed E-state index contributed by atoms with van der Waals surface area (Å²) in [7, 11) is 0. The predicted molar refractivity (Wildman–Crippen MR) is 47.3 cm³/mol. The van der Waals surface area contributed by atoms with Crippen LogP contribution < -0.4 is 0 Å². The molecule has 0 aliphatic rings. The van der Waals surface area contributed by atoms with Crippen molar-refractivity contribution in [1.29, 1.82) is 0 Å². The molecule has 76 valence electrons. The van der Waals surface area contributed by atoms with E-state index in [0.717, 1.165) is 6.08 Å². The molecule has 0 aromatic heterocycles. The van der Waals surface area contributed by atoms with Gasteiger partial charge in [-0.1, -0.05) is 13.2 Å². The third-order valence-electron chi connectivity index (χ3n) is 1.31. The van der Waals surface area contributed by atoms with Gasteiger partial charge in [0.2, 0.25) is 0 Å². The Morgan fingerprint density at radius 1 is 1.29 bits per heavy atom. The molecule has 5 nitrogen and oxygen atoms in total. The van der Waals surface area contributed by atoms with Gasteiger partial charge in [-0.2, -0.15) is 0 Å². The van der Waals surface area contributed by atoms with Crippen molar-refractivity contribution in [2.75, 3.05) is 0 Å². The summed E-state index contributed by atoms with van der Waals surface area (Å²) >= 11 is 0. The van der Waals surface area contributed by atoms with Crippen LogP contribution in [0.2, 0.25) is 0 Å². The molecule has 0 aliphatic carbocycles. The Hall–Kier alpha value is -1.91. The molecule has 0 bridgehead atoms. The summed E-state index contributed by atoms with van der Waals surface area (Å²) in [5.74, 6) is -2.82. The molecule has 0 heterocycles. The first-order chi connectivity index (χ1) is 6.47. The van der Waals surface area contributed by atoms with Crippen LogP contribution in [0.1, 0.15) is 12.8 Å². The van der Waals surface area contributed by atoms with Crippen molar-refractivity contribution in [1.82, 2.24) is 0 Å². The third kappa shape index (κ3) is 4.87. The van der Waals surface area contributed by atoms with E-state index >= 15 is 0 Å². The van der Waals surface area contributed by atoms with Crippen LogP contribution in [0.4, 0.5) is 0 Å². The van der Waals surface area contributed by atoms with Crippen LogP contribution in [0, 0.1) is 0 Å². The molecule has 0 atom stereocenters. The van der Waals surface area contributed by atoms with Gasteiger partial charge >= 0.3 is 17.9 Å². The minimum Gasteiger partial charge on any atom is -0.478 e. The Bertz CT molecular complexity index is 290. The standard InChI is InChI=1S/C9H10O5/c1-3-7(10)14-8(11)5-4-6(2)9(12)13/h3H,1-2,4-5H2,(H,12,13).